The Morgan fingerprint density at radius 2 is 1.71 bits per heavy atom. The van der Waals surface area contributed by atoms with Gasteiger partial charge in [-0.2, -0.15) is 13.2 Å². The van der Waals surface area contributed by atoms with E-state index in [4.69, 9.17) is 0 Å². The van der Waals surface area contributed by atoms with E-state index in [-0.39, 0.29) is 11.5 Å². The van der Waals surface area contributed by atoms with Gasteiger partial charge in [0.1, 0.15) is 0 Å². The molecular weight excluding hydrogens is 371 g/mol. The van der Waals surface area contributed by atoms with E-state index in [9.17, 15) is 28.2 Å². The molecule has 7 heteroatoms. The number of benzene rings is 1. The summed E-state index contributed by atoms with van der Waals surface area (Å²) in [4.78, 5) is 14.7. The van der Waals surface area contributed by atoms with Crippen molar-refractivity contribution in [1.82, 2.24) is 0 Å². The van der Waals surface area contributed by atoms with Gasteiger partial charge < -0.3 is 15.1 Å². The Balaban J connectivity index is 1.68. The van der Waals surface area contributed by atoms with E-state index in [0.717, 1.165) is 19.3 Å². The van der Waals surface area contributed by atoms with Gasteiger partial charge in [-0.15, -0.1) is 0 Å². The fourth-order valence-electron chi connectivity index (χ4n) is 4.51. The Bertz CT molecular complexity index is 694. The number of anilines is 1. The van der Waals surface area contributed by atoms with Crippen molar-refractivity contribution in [3.8, 4) is 0 Å². The molecular formula is C21H28F3NO3. The number of aliphatic hydroxyl groups is 2. The topological polar surface area (TPSA) is 60.8 Å². The molecule has 2 fully saturated rings. The summed E-state index contributed by atoms with van der Waals surface area (Å²) >= 11 is 0. The summed E-state index contributed by atoms with van der Waals surface area (Å²) in [6.45, 7) is 2.61. The quantitative estimate of drug-likeness (QED) is 0.766. The molecule has 1 atom stereocenters. The summed E-state index contributed by atoms with van der Waals surface area (Å²) in [6.07, 6.45) is -1.26. The highest BCUT2D eigenvalue weighted by atomic mass is 19.4. The molecule has 2 aliphatic rings. The van der Waals surface area contributed by atoms with Gasteiger partial charge >= 0.3 is 6.18 Å². The van der Waals surface area contributed by atoms with Crippen molar-refractivity contribution >= 4 is 11.6 Å². The molecule has 2 N–H and O–H groups in total. The molecule has 3 rings (SSSR count). The first-order chi connectivity index (χ1) is 13.1. The maximum atomic E-state index is 13.1. The molecule has 0 aromatic heterocycles. The van der Waals surface area contributed by atoms with Crippen molar-refractivity contribution < 1.29 is 28.2 Å². The van der Waals surface area contributed by atoms with Crippen molar-refractivity contribution in [3.05, 3.63) is 29.8 Å². The van der Waals surface area contributed by atoms with E-state index < -0.39 is 23.3 Å². The van der Waals surface area contributed by atoms with Crippen LogP contribution in [0.4, 0.5) is 18.9 Å². The van der Waals surface area contributed by atoms with Crippen LogP contribution >= 0.6 is 0 Å². The second kappa shape index (κ2) is 7.67. The first-order valence-corrected chi connectivity index (χ1v) is 9.99. The fourth-order valence-corrected chi connectivity index (χ4v) is 4.51. The molecule has 0 radical (unpaired) electrons. The zero-order valence-corrected chi connectivity index (χ0v) is 16.1. The van der Waals surface area contributed by atoms with Crippen molar-refractivity contribution in [1.29, 1.82) is 0 Å². The fraction of sp³-hybridized carbons (Fsp3) is 0.667. The number of aliphatic hydroxyl groups excluding tert-OH is 1. The Kier molecular flexibility index (Phi) is 5.79. The zero-order valence-electron chi connectivity index (χ0n) is 16.1. The Morgan fingerprint density at radius 1 is 1.11 bits per heavy atom. The number of halogens is 3. The summed E-state index contributed by atoms with van der Waals surface area (Å²) in [5.74, 6) is -0.00541. The second-order valence-electron chi connectivity index (χ2n) is 8.35. The number of nitrogens with zero attached hydrogens (tertiary/aromatic N) is 1. The minimum Gasteiger partial charge on any atom is -0.390 e. The normalized spacial score (nSPS) is 29.5. The molecule has 4 nitrogen and oxygen atoms in total. The van der Waals surface area contributed by atoms with Gasteiger partial charge in [0, 0.05) is 12.2 Å². The van der Waals surface area contributed by atoms with Gasteiger partial charge in [-0.05, 0) is 56.2 Å². The number of carbonyl (C=O) groups is 1. The number of rotatable bonds is 5. The van der Waals surface area contributed by atoms with Gasteiger partial charge in [-0.25, -0.2) is 0 Å². The monoisotopic (exact) mass is 399 g/mol. The van der Waals surface area contributed by atoms with Crippen LogP contribution in [0.3, 0.4) is 0 Å². The second-order valence-corrected chi connectivity index (χ2v) is 8.35. The van der Waals surface area contributed by atoms with Crippen LogP contribution in [0.5, 0.6) is 0 Å². The molecule has 1 spiro atoms. The Morgan fingerprint density at radius 3 is 2.25 bits per heavy atom. The third kappa shape index (κ3) is 4.06. The molecule has 0 bridgehead atoms. The average molecular weight is 399 g/mol. The third-order valence-electron chi connectivity index (χ3n) is 6.48. The maximum Gasteiger partial charge on any atom is 0.418 e. The van der Waals surface area contributed by atoms with E-state index in [1.807, 2.05) is 0 Å². The highest BCUT2D eigenvalue weighted by Crippen LogP contribution is 2.49. The standard InChI is InChI=1S/C21H28F3NO3/c1-2-3-8-20(28)11-9-19(10-12-20)13-14-25(18(19)27)16-6-4-15(5-7-16)17(26)21(22,23)24/h4-7,17,26,28H,2-3,8-14H2,1H3/t17-,19-,20+/m1/s1. The first-order valence-electron chi connectivity index (χ1n) is 9.99. The van der Waals surface area contributed by atoms with E-state index in [1.165, 1.54) is 24.3 Å². The molecule has 1 aromatic rings. The minimum absolute atomic E-state index is 0.00541. The number of carbonyl (C=O) groups excluding carboxylic acids is 1. The number of hydrogen-bond acceptors (Lipinski definition) is 3. The molecule has 1 aliphatic heterocycles. The van der Waals surface area contributed by atoms with Gasteiger partial charge in [0.2, 0.25) is 5.91 Å². The number of unbranched alkanes of at least 4 members (excludes halogenated alkanes) is 1. The summed E-state index contributed by atoms with van der Waals surface area (Å²) in [5.41, 5.74) is -0.837. The Hall–Kier alpha value is -1.60. The van der Waals surface area contributed by atoms with Crippen LogP contribution in [0.25, 0.3) is 0 Å². The lowest BCUT2D eigenvalue weighted by Gasteiger charge is -2.41. The molecule has 0 unspecified atom stereocenters. The Labute approximate surface area is 163 Å². The molecule has 1 heterocycles. The predicted octanol–water partition coefficient (Wildman–Crippen LogP) is 4.50. The highest BCUT2D eigenvalue weighted by Gasteiger charge is 2.51. The summed E-state index contributed by atoms with van der Waals surface area (Å²) in [5, 5.41) is 20.1. The van der Waals surface area contributed by atoms with Gasteiger partial charge in [-0.3, -0.25) is 4.79 Å². The van der Waals surface area contributed by atoms with Crippen LogP contribution in [-0.4, -0.2) is 34.4 Å². The SMILES string of the molecule is CCCC[C@]1(O)CC[C@]2(CCN(c3ccc([C@@H](O)C(F)(F)F)cc3)C2=O)CC1. The third-order valence-corrected chi connectivity index (χ3v) is 6.48. The number of hydrogen-bond donors (Lipinski definition) is 2. The van der Waals surface area contributed by atoms with E-state index >= 15 is 0 Å². The van der Waals surface area contributed by atoms with Crippen molar-refractivity contribution in [2.75, 3.05) is 11.4 Å². The lowest BCUT2D eigenvalue weighted by Crippen LogP contribution is -2.43. The van der Waals surface area contributed by atoms with Crippen LogP contribution in [0, 0.1) is 5.41 Å². The predicted molar refractivity (Wildman–Crippen MR) is 99.8 cm³/mol. The van der Waals surface area contributed by atoms with Gasteiger partial charge in [-0.1, -0.05) is 31.9 Å². The van der Waals surface area contributed by atoms with Crippen molar-refractivity contribution in [2.45, 2.75) is 76.2 Å². The van der Waals surface area contributed by atoms with Crippen molar-refractivity contribution in [3.63, 3.8) is 0 Å². The van der Waals surface area contributed by atoms with Crippen LogP contribution in [0.1, 0.15) is 70.0 Å². The van der Waals surface area contributed by atoms with Gasteiger partial charge in [0.05, 0.1) is 11.0 Å². The van der Waals surface area contributed by atoms with Crippen LogP contribution in [0.2, 0.25) is 0 Å². The molecule has 1 saturated carbocycles. The largest absolute Gasteiger partial charge is 0.418 e. The first kappa shape index (κ1) is 21.1. The van der Waals surface area contributed by atoms with Crippen LogP contribution in [-0.2, 0) is 4.79 Å². The molecule has 156 valence electrons. The molecule has 1 aliphatic carbocycles. The summed E-state index contributed by atoms with van der Waals surface area (Å²) in [7, 11) is 0. The molecule has 28 heavy (non-hydrogen) atoms. The minimum atomic E-state index is -4.72. The van der Waals surface area contributed by atoms with Gasteiger partial charge in [0.25, 0.3) is 0 Å². The van der Waals surface area contributed by atoms with Crippen LogP contribution < -0.4 is 4.90 Å². The maximum absolute atomic E-state index is 13.1. The summed E-state index contributed by atoms with van der Waals surface area (Å²) in [6, 6.07) is 5.36. The van der Waals surface area contributed by atoms with Crippen LogP contribution in [0.15, 0.2) is 24.3 Å². The average Bonchev–Trinajstić information content (AvgIpc) is 2.98. The number of amides is 1. The van der Waals surface area contributed by atoms with Gasteiger partial charge in [0.15, 0.2) is 6.10 Å². The van der Waals surface area contributed by atoms with E-state index in [1.54, 1.807) is 4.90 Å². The molecule has 1 saturated heterocycles. The number of alkyl halides is 3. The lowest BCUT2D eigenvalue weighted by molar-refractivity contribution is -0.206. The smallest absolute Gasteiger partial charge is 0.390 e. The lowest BCUT2D eigenvalue weighted by atomic mass is 9.66. The summed E-state index contributed by atoms with van der Waals surface area (Å²) < 4.78 is 37.9. The van der Waals surface area contributed by atoms with E-state index in [2.05, 4.69) is 6.92 Å². The zero-order chi connectivity index (χ0) is 20.6. The molecule has 1 amide bonds. The molecule has 1 aromatic carbocycles. The highest BCUT2D eigenvalue weighted by molar-refractivity contribution is 6.00. The van der Waals surface area contributed by atoms with Crippen molar-refractivity contribution in [2.24, 2.45) is 5.41 Å². The van der Waals surface area contributed by atoms with E-state index in [0.29, 0.717) is 44.3 Å².